The van der Waals surface area contributed by atoms with E-state index in [1.807, 2.05) is 0 Å². The van der Waals surface area contributed by atoms with Gasteiger partial charge >= 0.3 is 0 Å². The van der Waals surface area contributed by atoms with Gasteiger partial charge < -0.3 is 15.7 Å². The van der Waals surface area contributed by atoms with Crippen LogP contribution < -0.4 is 10.6 Å². The first-order valence-corrected chi connectivity index (χ1v) is 7.08. The summed E-state index contributed by atoms with van der Waals surface area (Å²) in [5, 5.41) is 15.7. The Morgan fingerprint density at radius 1 is 1.30 bits per heavy atom. The molecule has 1 saturated heterocycles. The van der Waals surface area contributed by atoms with Crippen molar-refractivity contribution in [3.63, 3.8) is 0 Å². The molecule has 0 bridgehead atoms. The van der Waals surface area contributed by atoms with Gasteiger partial charge in [0.2, 0.25) is 5.91 Å². The van der Waals surface area contributed by atoms with Crippen LogP contribution >= 0.6 is 12.4 Å². The van der Waals surface area contributed by atoms with Crippen molar-refractivity contribution in [1.29, 1.82) is 0 Å². The third-order valence-electron chi connectivity index (χ3n) is 4.29. The van der Waals surface area contributed by atoms with Crippen molar-refractivity contribution in [2.24, 2.45) is 5.92 Å². The number of halogens is 1. The number of anilines is 1. The zero-order valence-electron chi connectivity index (χ0n) is 11.3. The molecule has 1 saturated carbocycles. The first kappa shape index (κ1) is 15.1. The number of nitrogens with one attached hydrogen (secondary N) is 2. The number of hydrogen-bond donors (Lipinski definition) is 3. The molecule has 20 heavy (non-hydrogen) atoms. The molecule has 1 aliphatic heterocycles. The largest absolute Gasteiger partial charge is 0.508 e. The number of amides is 1. The molecule has 5 heteroatoms. The van der Waals surface area contributed by atoms with Crippen LogP contribution in [0, 0.1) is 5.92 Å². The minimum absolute atomic E-state index is 0. The van der Waals surface area contributed by atoms with Gasteiger partial charge in [-0.15, -0.1) is 12.4 Å². The maximum atomic E-state index is 12.2. The molecule has 3 rings (SSSR count). The fourth-order valence-electron chi connectivity index (χ4n) is 3.33. The molecule has 1 heterocycles. The van der Waals surface area contributed by atoms with E-state index in [9.17, 15) is 9.90 Å². The molecular weight excluding hydrogens is 276 g/mol. The van der Waals surface area contributed by atoms with Gasteiger partial charge in [0.05, 0.1) is 6.04 Å². The van der Waals surface area contributed by atoms with E-state index in [2.05, 4.69) is 10.6 Å². The maximum Gasteiger partial charge on any atom is 0.241 e. The average Bonchev–Trinajstić information content (AvgIpc) is 2.82. The Morgan fingerprint density at radius 3 is 2.85 bits per heavy atom. The quantitative estimate of drug-likeness (QED) is 0.786. The fraction of sp³-hybridized carbons (Fsp3) is 0.533. The van der Waals surface area contributed by atoms with E-state index in [0.717, 1.165) is 6.42 Å². The molecule has 3 N–H and O–H groups in total. The SMILES string of the molecule is Cl.O=C(Nc1cccc(O)c1)C1CC2CCCCC2N1. The van der Waals surface area contributed by atoms with Crippen molar-refractivity contribution in [3.8, 4) is 5.75 Å². The van der Waals surface area contributed by atoms with Crippen LogP contribution in [0.2, 0.25) is 0 Å². The molecule has 1 aromatic rings. The second kappa shape index (κ2) is 6.46. The van der Waals surface area contributed by atoms with Crippen LogP contribution in [-0.2, 0) is 4.79 Å². The normalized spacial score (nSPS) is 28.3. The first-order valence-electron chi connectivity index (χ1n) is 7.08. The minimum Gasteiger partial charge on any atom is -0.508 e. The van der Waals surface area contributed by atoms with Crippen LogP contribution in [0.25, 0.3) is 0 Å². The highest BCUT2D eigenvalue weighted by atomic mass is 35.5. The summed E-state index contributed by atoms with van der Waals surface area (Å²) in [6.45, 7) is 0. The second-order valence-electron chi connectivity index (χ2n) is 5.65. The minimum atomic E-state index is -0.0875. The van der Waals surface area contributed by atoms with E-state index in [0.29, 0.717) is 17.6 Å². The standard InChI is InChI=1S/C15H20N2O2.ClH/c18-12-6-3-5-11(9-12)16-15(19)14-8-10-4-1-2-7-13(10)17-14;/h3,5-6,9-10,13-14,17-18H,1-2,4,7-8H2,(H,16,19);1H. The average molecular weight is 297 g/mol. The Hall–Kier alpha value is -1.26. The van der Waals surface area contributed by atoms with Gasteiger partial charge in [-0.25, -0.2) is 0 Å². The summed E-state index contributed by atoms with van der Waals surface area (Å²) < 4.78 is 0. The lowest BCUT2D eigenvalue weighted by atomic mass is 9.85. The van der Waals surface area contributed by atoms with Gasteiger partial charge in [0, 0.05) is 17.8 Å². The highest BCUT2D eigenvalue weighted by Crippen LogP contribution is 2.33. The smallest absolute Gasteiger partial charge is 0.241 e. The van der Waals surface area contributed by atoms with Crippen LogP contribution in [0.1, 0.15) is 32.1 Å². The summed E-state index contributed by atoms with van der Waals surface area (Å²) in [6, 6.07) is 7.12. The predicted molar refractivity (Wildman–Crippen MR) is 81.3 cm³/mol. The van der Waals surface area contributed by atoms with Gasteiger partial charge in [-0.1, -0.05) is 18.9 Å². The molecule has 1 amide bonds. The predicted octanol–water partition coefficient (Wildman–Crippen LogP) is 2.67. The third kappa shape index (κ3) is 3.25. The maximum absolute atomic E-state index is 12.2. The number of aromatic hydroxyl groups is 1. The van der Waals surface area contributed by atoms with Crippen LogP contribution in [0.15, 0.2) is 24.3 Å². The summed E-state index contributed by atoms with van der Waals surface area (Å²) in [7, 11) is 0. The van der Waals surface area contributed by atoms with E-state index in [4.69, 9.17) is 0 Å². The number of benzene rings is 1. The van der Waals surface area contributed by atoms with E-state index in [1.54, 1.807) is 24.3 Å². The van der Waals surface area contributed by atoms with Crippen molar-refractivity contribution >= 4 is 24.0 Å². The number of carbonyl (C=O) groups is 1. The van der Waals surface area contributed by atoms with E-state index in [1.165, 1.54) is 25.7 Å². The summed E-state index contributed by atoms with van der Waals surface area (Å²) in [5.41, 5.74) is 0.654. The van der Waals surface area contributed by atoms with Gasteiger partial charge in [0.1, 0.15) is 5.75 Å². The van der Waals surface area contributed by atoms with Crippen molar-refractivity contribution < 1.29 is 9.90 Å². The number of carbonyl (C=O) groups excluding carboxylic acids is 1. The topological polar surface area (TPSA) is 61.4 Å². The summed E-state index contributed by atoms with van der Waals surface area (Å²) in [5.74, 6) is 0.847. The van der Waals surface area contributed by atoms with Crippen LogP contribution in [-0.4, -0.2) is 23.1 Å². The molecule has 1 aliphatic carbocycles. The first-order chi connectivity index (χ1) is 9.22. The number of phenolic OH excluding ortho intramolecular Hbond substituents is 1. The Kier molecular flexibility index (Phi) is 4.89. The molecule has 0 radical (unpaired) electrons. The zero-order valence-corrected chi connectivity index (χ0v) is 12.2. The lowest BCUT2D eigenvalue weighted by Gasteiger charge is -2.24. The van der Waals surface area contributed by atoms with Crippen LogP contribution in [0.5, 0.6) is 5.75 Å². The van der Waals surface area contributed by atoms with Crippen molar-refractivity contribution in [2.75, 3.05) is 5.32 Å². The van der Waals surface area contributed by atoms with Gasteiger partial charge in [0.15, 0.2) is 0 Å². The van der Waals surface area contributed by atoms with Crippen LogP contribution in [0.4, 0.5) is 5.69 Å². The lowest BCUT2D eigenvalue weighted by molar-refractivity contribution is -0.117. The highest BCUT2D eigenvalue weighted by molar-refractivity contribution is 5.95. The fourth-order valence-corrected chi connectivity index (χ4v) is 3.33. The highest BCUT2D eigenvalue weighted by Gasteiger charge is 2.38. The zero-order chi connectivity index (χ0) is 13.2. The van der Waals surface area contributed by atoms with Gasteiger partial charge in [-0.3, -0.25) is 4.79 Å². The van der Waals surface area contributed by atoms with E-state index >= 15 is 0 Å². The van der Waals surface area contributed by atoms with Gasteiger partial charge in [-0.05, 0) is 37.3 Å². The molecule has 1 aromatic carbocycles. The molecule has 2 aliphatic rings. The molecule has 3 unspecified atom stereocenters. The van der Waals surface area contributed by atoms with Crippen LogP contribution in [0.3, 0.4) is 0 Å². The second-order valence-corrected chi connectivity index (χ2v) is 5.65. The van der Waals surface area contributed by atoms with Crippen molar-refractivity contribution in [1.82, 2.24) is 5.32 Å². The summed E-state index contributed by atoms with van der Waals surface area (Å²) >= 11 is 0. The Labute approximate surface area is 125 Å². The third-order valence-corrected chi connectivity index (χ3v) is 4.29. The number of phenols is 1. The molecular formula is C15H21ClN2O2. The molecule has 0 aromatic heterocycles. The number of rotatable bonds is 2. The van der Waals surface area contributed by atoms with E-state index in [-0.39, 0.29) is 30.1 Å². The van der Waals surface area contributed by atoms with Gasteiger partial charge in [0.25, 0.3) is 0 Å². The van der Waals surface area contributed by atoms with Crippen molar-refractivity contribution in [3.05, 3.63) is 24.3 Å². The molecule has 4 nitrogen and oxygen atoms in total. The number of fused-ring (bicyclic) bond motifs is 1. The molecule has 2 fully saturated rings. The van der Waals surface area contributed by atoms with Gasteiger partial charge in [-0.2, -0.15) is 0 Å². The molecule has 3 atom stereocenters. The monoisotopic (exact) mass is 296 g/mol. The summed E-state index contributed by atoms with van der Waals surface area (Å²) in [6.07, 6.45) is 5.95. The summed E-state index contributed by atoms with van der Waals surface area (Å²) in [4.78, 5) is 12.2. The molecule has 0 spiro atoms. The Balaban J connectivity index is 0.00000147. The van der Waals surface area contributed by atoms with Crippen molar-refractivity contribution in [2.45, 2.75) is 44.2 Å². The number of hydrogen-bond acceptors (Lipinski definition) is 3. The van der Waals surface area contributed by atoms with E-state index < -0.39 is 0 Å². The Morgan fingerprint density at radius 2 is 2.10 bits per heavy atom. The Bertz CT molecular complexity index is 467. The molecule has 110 valence electrons. The lowest BCUT2D eigenvalue weighted by Crippen LogP contribution is -2.39.